The minimum Gasteiger partial charge on any atom is -0.490 e. The normalized spacial score (nSPS) is 19.9. The number of rotatable bonds is 4. The van der Waals surface area contributed by atoms with Crippen molar-refractivity contribution in [3.05, 3.63) is 65.1 Å². The summed E-state index contributed by atoms with van der Waals surface area (Å²) >= 11 is 5.88. The second kappa shape index (κ2) is 5.83. The lowest BCUT2D eigenvalue weighted by atomic mass is 9.79. The van der Waals surface area contributed by atoms with Gasteiger partial charge in [-0.1, -0.05) is 17.7 Å². The van der Waals surface area contributed by atoms with Gasteiger partial charge in [0.15, 0.2) is 0 Å². The monoisotopic (exact) mass is 341 g/mol. The molecule has 2 heterocycles. The molecule has 4 rings (SSSR count). The third kappa shape index (κ3) is 2.61. The van der Waals surface area contributed by atoms with Gasteiger partial charge in [-0.25, -0.2) is 4.98 Å². The topological polar surface area (TPSA) is 69.6 Å². The van der Waals surface area contributed by atoms with Crippen LogP contribution < -0.4 is 10.5 Å². The zero-order valence-electron chi connectivity index (χ0n) is 12.9. The molecule has 1 aliphatic rings. The molecule has 1 amide bonds. The first kappa shape index (κ1) is 15.0. The SMILES string of the molecule is NC(=O)c1c(C2CC(Oc3ccc(Cl)cc3)C2)nc2ccccn12. The first-order chi connectivity index (χ1) is 11.6. The summed E-state index contributed by atoms with van der Waals surface area (Å²) in [6.07, 6.45) is 3.55. The number of hydrogen-bond donors (Lipinski definition) is 1. The van der Waals surface area contributed by atoms with Crippen LogP contribution in [0.25, 0.3) is 5.65 Å². The van der Waals surface area contributed by atoms with Gasteiger partial charge in [0.2, 0.25) is 0 Å². The molecule has 2 aromatic heterocycles. The van der Waals surface area contributed by atoms with Gasteiger partial charge in [-0.15, -0.1) is 0 Å². The van der Waals surface area contributed by atoms with E-state index in [1.54, 1.807) is 16.5 Å². The van der Waals surface area contributed by atoms with Crippen LogP contribution in [-0.2, 0) is 0 Å². The Hall–Kier alpha value is -2.53. The van der Waals surface area contributed by atoms with E-state index in [4.69, 9.17) is 22.1 Å². The number of nitrogens with two attached hydrogens (primary N) is 1. The van der Waals surface area contributed by atoms with Gasteiger partial charge in [-0.05, 0) is 49.2 Å². The van der Waals surface area contributed by atoms with E-state index in [0.29, 0.717) is 10.7 Å². The van der Waals surface area contributed by atoms with Gasteiger partial charge < -0.3 is 10.5 Å². The molecule has 5 nitrogen and oxygen atoms in total. The zero-order valence-corrected chi connectivity index (χ0v) is 13.6. The number of carbonyl (C=O) groups excluding carboxylic acids is 1. The van der Waals surface area contributed by atoms with Crippen molar-refractivity contribution in [2.75, 3.05) is 0 Å². The molecule has 122 valence electrons. The van der Waals surface area contributed by atoms with Crippen molar-refractivity contribution >= 4 is 23.2 Å². The first-order valence-corrected chi connectivity index (χ1v) is 8.18. The molecule has 1 aromatic carbocycles. The molecule has 1 aliphatic carbocycles. The van der Waals surface area contributed by atoms with Crippen LogP contribution in [0.5, 0.6) is 5.75 Å². The number of halogens is 1. The summed E-state index contributed by atoms with van der Waals surface area (Å²) in [4.78, 5) is 16.5. The Morgan fingerprint density at radius 3 is 2.67 bits per heavy atom. The van der Waals surface area contributed by atoms with Crippen LogP contribution in [-0.4, -0.2) is 21.4 Å². The Bertz CT molecular complexity index is 898. The molecule has 24 heavy (non-hydrogen) atoms. The molecule has 1 fully saturated rings. The van der Waals surface area contributed by atoms with E-state index < -0.39 is 5.91 Å². The van der Waals surface area contributed by atoms with Crippen molar-refractivity contribution in [2.45, 2.75) is 24.9 Å². The summed E-state index contributed by atoms with van der Waals surface area (Å²) in [5.74, 6) is 0.531. The molecule has 0 saturated heterocycles. The van der Waals surface area contributed by atoms with Gasteiger partial charge in [-0.3, -0.25) is 9.20 Å². The van der Waals surface area contributed by atoms with Gasteiger partial charge in [0.05, 0.1) is 11.8 Å². The largest absolute Gasteiger partial charge is 0.490 e. The van der Waals surface area contributed by atoms with Crippen LogP contribution >= 0.6 is 11.6 Å². The molecular formula is C18H16ClN3O2. The van der Waals surface area contributed by atoms with Crippen LogP contribution in [0.15, 0.2) is 48.7 Å². The molecule has 3 aromatic rings. The minimum absolute atomic E-state index is 0.113. The average molecular weight is 342 g/mol. The average Bonchev–Trinajstić information content (AvgIpc) is 2.91. The number of imidazole rings is 1. The lowest BCUT2D eigenvalue weighted by Gasteiger charge is -2.34. The number of ether oxygens (including phenoxy) is 1. The van der Waals surface area contributed by atoms with Crippen LogP contribution in [0.1, 0.15) is 34.9 Å². The number of amides is 1. The third-order valence-electron chi connectivity index (χ3n) is 4.39. The zero-order chi connectivity index (χ0) is 16.7. The summed E-state index contributed by atoms with van der Waals surface area (Å²) in [5, 5.41) is 0.685. The fourth-order valence-corrected chi connectivity index (χ4v) is 3.26. The maximum atomic E-state index is 11.9. The minimum atomic E-state index is -0.453. The molecular weight excluding hydrogens is 326 g/mol. The lowest BCUT2D eigenvalue weighted by molar-refractivity contribution is 0.0930. The standard InChI is InChI=1S/C18H16ClN3O2/c19-12-4-6-13(7-5-12)24-14-9-11(10-14)16-17(18(20)23)22-8-2-1-3-15(22)21-16/h1-8,11,14H,9-10H2,(H2,20,23). The van der Waals surface area contributed by atoms with Crippen molar-refractivity contribution in [3.63, 3.8) is 0 Å². The van der Waals surface area contributed by atoms with E-state index in [0.717, 1.165) is 29.9 Å². The fraction of sp³-hybridized carbons (Fsp3) is 0.222. The number of aromatic nitrogens is 2. The smallest absolute Gasteiger partial charge is 0.267 e. The van der Waals surface area contributed by atoms with Gasteiger partial charge >= 0.3 is 0 Å². The van der Waals surface area contributed by atoms with Crippen molar-refractivity contribution in [1.29, 1.82) is 0 Å². The highest BCUT2D eigenvalue weighted by Gasteiger charge is 2.36. The van der Waals surface area contributed by atoms with Crippen LogP contribution in [0.4, 0.5) is 0 Å². The summed E-state index contributed by atoms with van der Waals surface area (Å²) in [6.45, 7) is 0. The fourth-order valence-electron chi connectivity index (χ4n) is 3.13. The molecule has 0 spiro atoms. The predicted octanol–water partition coefficient (Wildman–Crippen LogP) is 3.41. The molecule has 0 radical (unpaired) electrons. The van der Waals surface area contributed by atoms with E-state index in [2.05, 4.69) is 4.98 Å². The lowest BCUT2D eigenvalue weighted by Crippen LogP contribution is -2.33. The van der Waals surface area contributed by atoms with Crippen molar-refractivity contribution in [2.24, 2.45) is 5.73 Å². The predicted molar refractivity (Wildman–Crippen MR) is 91.6 cm³/mol. The Kier molecular flexibility index (Phi) is 3.65. The van der Waals surface area contributed by atoms with Gasteiger partial charge in [0.1, 0.15) is 17.1 Å². The summed E-state index contributed by atoms with van der Waals surface area (Å²) in [5.41, 5.74) is 7.55. The highest BCUT2D eigenvalue weighted by atomic mass is 35.5. The maximum Gasteiger partial charge on any atom is 0.267 e. The molecule has 0 unspecified atom stereocenters. The highest BCUT2D eigenvalue weighted by Crippen LogP contribution is 2.40. The van der Waals surface area contributed by atoms with Gasteiger partial charge in [0, 0.05) is 17.1 Å². The number of pyridine rings is 1. The second-order valence-corrected chi connectivity index (χ2v) is 6.44. The van der Waals surface area contributed by atoms with Crippen LogP contribution in [0.3, 0.4) is 0 Å². The van der Waals surface area contributed by atoms with Crippen LogP contribution in [0, 0.1) is 0 Å². The number of nitrogens with zero attached hydrogens (tertiary/aromatic N) is 2. The third-order valence-corrected chi connectivity index (χ3v) is 4.64. The van der Waals surface area contributed by atoms with E-state index in [-0.39, 0.29) is 12.0 Å². The number of primary amides is 1. The summed E-state index contributed by atoms with van der Waals surface area (Å²) in [7, 11) is 0. The molecule has 0 aliphatic heterocycles. The summed E-state index contributed by atoms with van der Waals surface area (Å²) < 4.78 is 7.68. The Morgan fingerprint density at radius 1 is 1.21 bits per heavy atom. The summed E-state index contributed by atoms with van der Waals surface area (Å²) in [6, 6.07) is 12.9. The van der Waals surface area contributed by atoms with E-state index in [1.807, 2.05) is 36.5 Å². The Labute approximate surface area is 144 Å². The number of benzene rings is 1. The Balaban J connectivity index is 1.52. The second-order valence-electron chi connectivity index (χ2n) is 6.00. The quantitative estimate of drug-likeness (QED) is 0.790. The van der Waals surface area contributed by atoms with E-state index in [1.165, 1.54) is 0 Å². The highest BCUT2D eigenvalue weighted by molar-refractivity contribution is 6.30. The molecule has 1 saturated carbocycles. The molecule has 0 atom stereocenters. The maximum absolute atomic E-state index is 11.9. The number of fused-ring (bicyclic) bond motifs is 1. The number of carbonyl (C=O) groups is 1. The molecule has 2 N–H and O–H groups in total. The van der Waals surface area contributed by atoms with Crippen LogP contribution in [0.2, 0.25) is 5.02 Å². The first-order valence-electron chi connectivity index (χ1n) is 7.81. The molecule has 6 heteroatoms. The van der Waals surface area contributed by atoms with E-state index >= 15 is 0 Å². The van der Waals surface area contributed by atoms with Crippen molar-refractivity contribution < 1.29 is 9.53 Å². The van der Waals surface area contributed by atoms with Crippen molar-refractivity contribution in [1.82, 2.24) is 9.38 Å². The number of hydrogen-bond acceptors (Lipinski definition) is 3. The van der Waals surface area contributed by atoms with Gasteiger partial charge in [-0.2, -0.15) is 0 Å². The van der Waals surface area contributed by atoms with Gasteiger partial charge in [0.25, 0.3) is 5.91 Å². The molecule has 0 bridgehead atoms. The van der Waals surface area contributed by atoms with Crippen molar-refractivity contribution in [3.8, 4) is 5.75 Å². The Morgan fingerprint density at radius 2 is 1.96 bits per heavy atom. The van der Waals surface area contributed by atoms with E-state index in [9.17, 15) is 4.79 Å².